The Morgan fingerprint density at radius 3 is 2.35 bits per heavy atom. The number of nitrogens with two attached hydrogens (primary N) is 1. The van der Waals surface area contributed by atoms with Crippen LogP contribution in [0.4, 0.5) is 5.69 Å². The molecule has 0 atom stereocenters. The summed E-state index contributed by atoms with van der Waals surface area (Å²) in [5.41, 5.74) is 6.43. The van der Waals surface area contributed by atoms with Crippen molar-refractivity contribution in [2.75, 3.05) is 4.72 Å². The van der Waals surface area contributed by atoms with Crippen LogP contribution in [0.25, 0.3) is 0 Å². The van der Waals surface area contributed by atoms with E-state index in [2.05, 4.69) is 27.3 Å². The van der Waals surface area contributed by atoms with Gasteiger partial charge in [-0.05, 0) is 40.8 Å². The van der Waals surface area contributed by atoms with Crippen LogP contribution in [-0.4, -0.2) is 13.4 Å². The van der Waals surface area contributed by atoms with Crippen LogP contribution in [0, 0.1) is 3.57 Å². The minimum atomic E-state index is -3.73. The molecule has 0 amide bonds. The number of rotatable bonds is 4. The van der Waals surface area contributed by atoms with Crippen molar-refractivity contribution in [1.29, 1.82) is 0 Å². The van der Waals surface area contributed by atoms with E-state index < -0.39 is 10.0 Å². The van der Waals surface area contributed by atoms with Crippen LogP contribution in [0.15, 0.2) is 53.4 Å². The van der Waals surface area contributed by atoms with E-state index in [-0.39, 0.29) is 9.88 Å². The molecular formula is C13H11IN2O2S2. The fourth-order valence-corrected chi connectivity index (χ4v) is 3.90. The molecule has 2 aromatic carbocycles. The van der Waals surface area contributed by atoms with Gasteiger partial charge in [0.2, 0.25) is 0 Å². The molecule has 0 aliphatic heterocycles. The van der Waals surface area contributed by atoms with Crippen molar-refractivity contribution < 1.29 is 8.42 Å². The molecular weight excluding hydrogens is 407 g/mol. The summed E-state index contributed by atoms with van der Waals surface area (Å²) in [5.74, 6) is 0. The van der Waals surface area contributed by atoms with Gasteiger partial charge in [0.1, 0.15) is 4.99 Å². The SMILES string of the molecule is NC(=S)c1ccccc1S(=O)(=O)Nc1ccccc1I. The van der Waals surface area contributed by atoms with E-state index in [1.807, 2.05) is 12.1 Å². The smallest absolute Gasteiger partial charge is 0.262 e. The molecule has 0 saturated heterocycles. The van der Waals surface area contributed by atoms with Gasteiger partial charge in [0.05, 0.1) is 10.6 Å². The Hall–Kier alpha value is -1.19. The van der Waals surface area contributed by atoms with E-state index >= 15 is 0 Å². The van der Waals surface area contributed by atoms with Crippen molar-refractivity contribution in [3.8, 4) is 0 Å². The molecule has 4 nitrogen and oxygen atoms in total. The Balaban J connectivity index is 2.47. The van der Waals surface area contributed by atoms with E-state index in [1.54, 1.807) is 30.3 Å². The van der Waals surface area contributed by atoms with Gasteiger partial charge >= 0.3 is 0 Å². The van der Waals surface area contributed by atoms with Crippen LogP contribution in [0.3, 0.4) is 0 Å². The van der Waals surface area contributed by atoms with Gasteiger partial charge in [0.15, 0.2) is 0 Å². The zero-order chi connectivity index (χ0) is 14.8. The van der Waals surface area contributed by atoms with Crippen molar-refractivity contribution in [3.05, 3.63) is 57.7 Å². The molecule has 0 spiro atoms. The first kappa shape index (κ1) is 15.2. The lowest BCUT2D eigenvalue weighted by Crippen LogP contribution is -2.20. The second-order valence-electron chi connectivity index (χ2n) is 3.95. The lowest BCUT2D eigenvalue weighted by molar-refractivity contribution is 0.601. The van der Waals surface area contributed by atoms with Crippen LogP contribution in [0.5, 0.6) is 0 Å². The Kier molecular flexibility index (Phi) is 4.61. The summed E-state index contributed by atoms with van der Waals surface area (Å²) >= 11 is 6.96. The molecule has 104 valence electrons. The van der Waals surface area contributed by atoms with Crippen molar-refractivity contribution in [3.63, 3.8) is 0 Å². The normalized spacial score (nSPS) is 11.1. The number of thiocarbonyl (C=S) groups is 1. The van der Waals surface area contributed by atoms with E-state index in [9.17, 15) is 8.42 Å². The van der Waals surface area contributed by atoms with Crippen LogP contribution in [0.1, 0.15) is 5.56 Å². The summed E-state index contributed by atoms with van der Waals surface area (Å²) in [6.45, 7) is 0. The van der Waals surface area contributed by atoms with E-state index in [1.165, 1.54) is 6.07 Å². The first-order valence-electron chi connectivity index (χ1n) is 5.58. The van der Waals surface area contributed by atoms with Gasteiger partial charge in [-0.15, -0.1) is 0 Å². The molecule has 0 bridgehead atoms. The highest BCUT2D eigenvalue weighted by Gasteiger charge is 2.20. The Morgan fingerprint density at radius 2 is 1.70 bits per heavy atom. The Labute approximate surface area is 136 Å². The first-order chi connectivity index (χ1) is 9.42. The lowest BCUT2D eigenvalue weighted by Gasteiger charge is -2.12. The summed E-state index contributed by atoms with van der Waals surface area (Å²) in [7, 11) is -3.73. The van der Waals surface area contributed by atoms with Gasteiger partial charge in [-0.25, -0.2) is 8.42 Å². The van der Waals surface area contributed by atoms with Gasteiger partial charge in [0.25, 0.3) is 10.0 Å². The van der Waals surface area contributed by atoms with Crippen molar-refractivity contribution in [1.82, 2.24) is 0 Å². The third-order valence-corrected chi connectivity index (χ3v) is 5.14. The average molecular weight is 418 g/mol. The Bertz CT molecular complexity index is 760. The maximum absolute atomic E-state index is 12.4. The molecule has 2 rings (SSSR count). The van der Waals surface area contributed by atoms with Gasteiger partial charge in [0, 0.05) is 9.13 Å². The number of nitrogens with one attached hydrogen (secondary N) is 1. The van der Waals surface area contributed by atoms with Crippen LogP contribution >= 0.6 is 34.8 Å². The average Bonchev–Trinajstić information content (AvgIpc) is 2.41. The zero-order valence-corrected chi connectivity index (χ0v) is 14.0. The molecule has 0 radical (unpaired) electrons. The van der Waals surface area contributed by atoms with Crippen molar-refractivity contribution in [2.24, 2.45) is 5.73 Å². The molecule has 0 saturated carbocycles. The highest BCUT2D eigenvalue weighted by Crippen LogP contribution is 2.23. The van der Waals surface area contributed by atoms with Crippen molar-refractivity contribution >= 4 is 55.5 Å². The molecule has 3 N–H and O–H groups in total. The number of benzene rings is 2. The van der Waals surface area contributed by atoms with E-state index in [4.69, 9.17) is 18.0 Å². The quantitative estimate of drug-likeness (QED) is 0.592. The van der Waals surface area contributed by atoms with E-state index in [0.717, 1.165) is 3.57 Å². The van der Waals surface area contributed by atoms with Gasteiger partial charge in [-0.1, -0.05) is 42.5 Å². The summed E-state index contributed by atoms with van der Waals surface area (Å²) in [4.78, 5) is 0.126. The van der Waals surface area contributed by atoms with Crippen molar-refractivity contribution in [2.45, 2.75) is 4.90 Å². The molecule has 0 aliphatic carbocycles. The summed E-state index contributed by atoms with van der Waals surface area (Å²) in [6.07, 6.45) is 0. The molecule has 0 unspecified atom stereocenters. The lowest BCUT2D eigenvalue weighted by atomic mass is 10.2. The largest absolute Gasteiger partial charge is 0.389 e. The standard InChI is InChI=1S/C13H11IN2O2S2/c14-10-6-2-3-7-11(10)16-20(17,18)12-8-4-1-5-9(12)13(15)19/h1-8,16H,(H2,15,19). The fraction of sp³-hybridized carbons (Fsp3) is 0. The fourth-order valence-electron chi connectivity index (χ4n) is 1.65. The molecule has 0 aliphatic rings. The molecule has 7 heteroatoms. The number of halogens is 1. The molecule has 0 heterocycles. The van der Waals surface area contributed by atoms with Crippen LogP contribution in [0.2, 0.25) is 0 Å². The van der Waals surface area contributed by atoms with Gasteiger partial charge in [-0.2, -0.15) is 0 Å². The van der Waals surface area contributed by atoms with E-state index in [0.29, 0.717) is 11.3 Å². The summed E-state index contributed by atoms with van der Waals surface area (Å²) in [5, 5.41) is 0. The molecule has 0 fully saturated rings. The predicted octanol–water partition coefficient (Wildman–Crippen LogP) is 2.73. The number of hydrogen-bond acceptors (Lipinski definition) is 3. The second kappa shape index (κ2) is 6.06. The Morgan fingerprint density at radius 1 is 1.10 bits per heavy atom. The van der Waals surface area contributed by atoms with Crippen LogP contribution in [-0.2, 0) is 10.0 Å². The first-order valence-corrected chi connectivity index (χ1v) is 8.55. The minimum absolute atomic E-state index is 0.0498. The maximum atomic E-state index is 12.4. The van der Waals surface area contributed by atoms with Gasteiger partial charge in [-0.3, -0.25) is 4.72 Å². The number of para-hydroxylation sites is 1. The number of anilines is 1. The topological polar surface area (TPSA) is 72.2 Å². The third-order valence-electron chi connectivity index (χ3n) is 2.56. The maximum Gasteiger partial charge on any atom is 0.262 e. The molecule has 0 aromatic heterocycles. The zero-order valence-electron chi connectivity index (χ0n) is 10.2. The molecule has 2 aromatic rings. The highest BCUT2D eigenvalue weighted by atomic mass is 127. The van der Waals surface area contributed by atoms with Crippen LogP contribution < -0.4 is 10.5 Å². The predicted molar refractivity (Wildman–Crippen MR) is 92.3 cm³/mol. The third kappa shape index (κ3) is 3.28. The highest BCUT2D eigenvalue weighted by molar-refractivity contribution is 14.1. The second-order valence-corrected chi connectivity index (χ2v) is 7.20. The molecule has 20 heavy (non-hydrogen) atoms. The minimum Gasteiger partial charge on any atom is -0.389 e. The summed E-state index contributed by atoms with van der Waals surface area (Å²) < 4.78 is 28.3. The summed E-state index contributed by atoms with van der Waals surface area (Å²) in [6, 6.07) is 13.5. The monoisotopic (exact) mass is 418 g/mol. The number of sulfonamides is 1. The number of hydrogen-bond donors (Lipinski definition) is 2. The van der Waals surface area contributed by atoms with Gasteiger partial charge < -0.3 is 5.73 Å².